The van der Waals surface area contributed by atoms with Crippen LogP contribution in [0.3, 0.4) is 0 Å². The molecule has 0 amide bonds. The molecule has 0 aliphatic carbocycles. The summed E-state index contributed by atoms with van der Waals surface area (Å²) in [5.41, 5.74) is 0. The molecule has 0 aromatic carbocycles. The maximum Gasteiger partial charge on any atom is -0.0000000127 e. The highest BCUT2D eigenvalue weighted by Gasteiger charge is 2.42. The van der Waals surface area contributed by atoms with Crippen LogP contribution >= 0.6 is 0 Å². The van der Waals surface area contributed by atoms with Crippen LogP contribution in [0.25, 0.3) is 0 Å². The highest BCUT2D eigenvalue weighted by atomic mass is 13.2. The van der Waals surface area contributed by atoms with Crippen LogP contribution in [0, 0.1) is 0 Å². The second-order valence-electron chi connectivity index (χ2n) is 5.20. The van der Waals surface area contributed by atoms with Gasteiger partial charge in [0.2, 0.25) is 0 Å². The van der Waals surface area contributed by atoms with Gasteiger partial charge < -0.3 is 7.74 Å². The van der Waals surface area contributed by atoms with Crippen molar-refractivity contribution in [3.8, 4) is 0 Å². The Hall–Kier alpha value is 1.30. The molecule has 0 aliphatic heterocycles. The molecule has 20 heteroatoms. The normalized spacial score (nSPS) is 9.25. The number of hydrogen-bond acceptors (Lipinski definition) is 0. The molecule has 0 atom stereocenters. The summed E-state index contributed by atoms with van der Waals surface area (Å²) in [6, 6.07) is 0. The van der Waals surface area contributed by atoms with Crippen molar-refractivity contribution in [2.24, 2.45) is 0 Å². The van der Waals surface area contributed by atoms with Gasteiger partial charge in [-0.05, 0) is 128 Å². The van der Waals surface area contributed by atoms with E-state index in [0.29, 0.717) is 0 Å². The summed E-state index contributed by atoms with van der Waals surface area (Å²) in [4.78, 5) is 0. The third-order valence-corrected chi connectivity index (χ3v) is 3.56. The maximum absolute atomic E-state index is 6.02. The van der Waals surface area contributed by atoms with E-state index in [-0.39, 0.29) is 0 Å². The molecule has 0 N–H and O–H groups in total. The van der Waals surface area contributed by atoms with Crippen molar-refractivity contribution in [2.45, 2.75) is 0 Å². The molecule has 20 heavy (non-hydrogen) atoms. The summed E-state index contributed by atoms with van der Waals surface area (Å²) in [5, 5.41) is 0. The molecule has 0 spiro atoms. The SMILES string of the molecule is [B]B([B])B(B([B])[B])B(B([B])B([B])[B-])B(B([B])[B])B([B])[B]. The van der Waals surface area contributed by atoms with E-state index in [4.69, 9.17) is 85.1 Å². The van der Waals surface area contributed by atoms with E-state index in [0.717, 1.165) is 0 Å². The Balaban J connectivity index is 5.66. The van der Waals surface area contributed by atoms with Gasteiger partial charge in [0, 0.05) is 0 Å². The summed E-state index contributed by atoms with van der Waals surface area (Å²) >= 11 is 0. The van der Waals surface area contributed by atoms with Crippen molar-refractivity contribution in [3.63, 3.8) is 0 Å². The molecule has 0 bridgehead atoms. The van der Waals surface area contributed by atoms with Crippen LogP contribution in [0.2, 0.25) is 0 Å². The molecule has 0 aromatic heterocycles. The van der Waals surface area contributed by atoms with Crippen LogP contribution in [0.5, 0.6) is 0 Å². The molecule has 61 valence electrons. The van der Waals surface area contributed by atoms with E-state index in [1.54, 1.807) is 0 Å². The lowest BCUT2D eigenvalue weighted by atomic mass is 8.39. The van der Waals surface area contributed by atoms with E-state index >= 15 is 0 Å². The van der Waals surface area contributed by atoms with Crippen LogP contribution in [-0.4, -0.2) is 143 Å². The summed E-state index contributed by atoms with van der Waals surface area (Å²) in [6.45, 7) is 0. The zero-order chi connectivity index (χ0) is 16.2. The van der Waals surface area contributed by atoms with E-state index in [1.807, 2.05) is 0 Å². The highest BCUT2D eigenvalue weighted by Crippen LogP contribution is 2.05. The third kappa shape index (κ3) is 5.83. The fourth-order valence-electron chi connectivity index (χ4n) is 2.57. The first-order valence-corrected chi connectivity index (χ1v) is 6.33. The zero-order valence-corrected chi connectivity index (χ0v) is 11.5. The van der Waals surface area contributed by atoms with E-state index in [2.05, 4.69) is 0 Å². The summed E-state index contributed by atoms with van der Waals surface area (Å²) < 4.78 is 0. The Labute approximate surface area is 142 Å². The van der Waals surface area contributed by atoms with Gasteiger partial charge in [-0.3, -0.25) is 0 Å². The Morgan fingerprint density at radius 2 is 0.700 bits per heavy atom. The fourth-order valence-corrected chi connectivity index (χ4v) is 2.57. The first-order chi connectivity index (χ1) is 9.02. The van der Waals surface area contributed by atoms with Gasteiger partial charge in [-0.2, -0.15) is 0 Å². The zero-order valence-electron chi connectivity index (χ0n) is 11.5. The lowest BCUT2D eigenvalue weighted by Crippen LogP contribution is -2.80. The van der Waals surface area contributed by atoms with Crippen LogP contribution in [0.1, 0.15) is 0 Å². The monoisotopic (exact) mass is 220 g/mol. The van der Waals surface area contributed by atoms with Crippen LogP contribution in [0.4, 0.5) is 0 Å². The van der Waals surface area contributed by atoms with Crippen molar-refractivity contribution in [1.82, 2.24) is 0 Å². The molecule has 0 aromatic rings. The lowest BCUT2D eigenvalue weighted by Gasteiger charge is -2.45. The van der Waals surface area contributed by atoms with Crippen molar-refractivity contribution < 1.29 is 0 Å². The molecule has 0 saturated heterocycles. The molecule has 0 rings (SSSR count). The average molecular weight is 216 g/mol. The van der Waals surface area contributed by atoms with Crippen molar-refractivity contribution >= 4 is 143 Å². The summed E-state index contributed by atoms with van der Waals surface area (Å²) in [7, 11) is 63.2. The molecule has 0 heterocycles. The van der Waals surface area contributed by atoms with Gasteiger partial charge in [0.25, 0.3) is 0 Å². The summed E-state index contributed by atoms with van der Waals surface area (Å²) in [6.07, 6.45) is -7.15. The molecule has 0 nitrogen and oxygen atoms in total. The van der Waals surface area contributed by atoms with Crippen LogP contribution in [0.15, 0.2) is 0 Å². The quantitative estimate of drug-likeness (QED) is 0.354. The fraction of sp³-hybridized carbons (Fsp3) is 0. The molecular formula is B20-. The van der Waals surface area contributed by atoms with Crippen molar-refractivity contribution in [2.75, 3.05) is 0 Å². The van der Waals surface area contributed by atoms with Crippen LogP contribution in [-0.2, 0) is 0 Å². The minimum atomic E-state index is -0.889. The van der Waals surface area contributed by atoms with Crippen LogP contribution < -0.4 is 0 Å². The van der Waals surface area contributed by atoms with E-state index < -0.39 is 57.5 Å². The first kappa shape index (κ1) is 21.3. The minimum Gasteiger partial charge on any atom is -0.687 e. The summed E-state index contributed by atoms with van der Waals surface area (Å²) in [5.74, 6) is 0. The molecule has 23 radical (unpaired) electrons. The lowest BCUT2D eigenvalue weighted by molar-refractivity contribution is 3.33. The van der Waals surface area contributed by atoms with Crippen molar-refractivity contribution in [1.29, 1.82) is 0 Å². The second-order valence-corrected chi connectivity index (χ2v) is 5.20. The molecule has 0 unspecified atom stereocenters. The first-order valence-electron chi connectivity index (χ1n) is 6.33. The molecular weight excluding hydrogens is 216 g/mol. The van der Waals surface area contributed by atoms with E-state index in [9.17, 15) is 0 Å². The minimum absolute atomic E-state index is 0.630. The topological polar surface area (TPSA) is 0 Å². The second kappa shape index (κ2) is 9.44. The van der Waals surface area contributed by atoms with Gasteiger partial charge in [-0.1, -0.05) is 0 Å². The Kier molecular flexibility index (Phi) is 10.1. The molecule has 0 aliphatic rings. The standard InChI is InChI=1S/B20/c1-12(2)17(11)20(18(13(3)4)14(5)6)19(15(7)8)16(9)10/q-1. The Morgan fingerprint density at radius 3 is 0.850 bits per heavy atom. The maximum atomic E-state index is 6.02. The van der Waals surface area contributed by atoms with Gasteiger partial charge >= 0.3 is 0 Å². The smallest absolute Gasteiger partial charge is 0.0000000127 e. The average Bonchev–Trinajstić information content (AvgIpc) is 2.24. The Morgan fingerprint density at radius 1 is 0.450 bits per heavy atom. The van der Waals surface area contributed by atoms with Gasteiger partial charge in [0.15, 0.2) is 0 Å². The van der Waals surface area contributed by atoms with Gasteiger partial charge in [0.05, 0.1) is 0 Å². The number of hydrogen-bond donors (Lipinski definition) is 0. The van der Waals surface area contributed by atoms with Gasteiger partial charge in [0.1, 0.15) is 0 Å². The van der Waals surface area contributed by atoms with Crippen molar-refractivity contribution in [3.05, 3.63) is 0 Å². The predicted octanol–water partition coefficient (Wildman–Crippen LogP) is -7.62. The highest BCUT2D eigenvalue weighted by molar-refractivity contribution is 8.19. The van der Waals surface area contributed by atoms with E-state index in [1.165, 1.54) is 0 Å². The largest absolute Gasteiger partial charge is 0.687 e. The molecule has 0 saturated carbocycles. The third-order valence-electron chi connectivity index (χ3n) is 3.56. The molecule has 0 fully saturated rings. The Bertz CT molecular complexity index is 211. The number of rotatable bonds is 8. The van der Waals surface area contributed by atoms with Gasteiger partial charge in [-0.25, -0.2) is 6.39 Å². The predicted molar refractivity (Wildman–Crippen MR) is 115 cm³/mol. The van der Waals surface area contributed by atoms with Gasteiger partial charge in [-0.15, -0.1) is 0 Å².